The Morgan fingerprint density at radius 3 is 2.59 bits per heavy atom. The minimum atomic E-state index is -1.16. The first-order valence-corrected chi connectivity index (χ1v) is 11.6. The highest BCUT2D eigenvalue weighted by molar-refractivity contribution is 7.17. The lowest BCUT2D eigenvalue weighted by Gasteiger charge is -2.22. The molecule has 1 aromatic carbocycles. The molecule has 0 radical (unpaired) electrons. The van der Waals surface area contributed by atoms with E-state index >= 15 is 0 Å². The second-order valence-electron chi connectivity index (χ2n) is 8.45. The van der Waals surface area contributed by atoms with E-state index in [-0.39, 0.29) is 25.2 Å². The van der Waals surface area contributed by atoms with Crippen LogP contribution in [0.5, 0.6) is 5.75 Å². The van der Waals surface area contributed by atoms with Gasteiger partial charge in [0.15, 0.2) is 12.0 Å². The summed E-state index contributed by atoms with van der Waals surface area (Å²) in [6, 6.07) is 5.49. The molecule has 0 saturated heterocycles. The molecule has 0 aliphatic carbocycles. The molecule has 3 aromatic rings. The minimum absolute atomic E-state index is 0.183. The van der Waals surface area contributed by atoms with Crippen LogP contribution in [-0.2, 0) is 26.3 Å². The van der Waals surface area contributed by atoms with Gasteiger partial charge in [-0.05, 0) is 38.3 Å². The van der Waals surface area contributed by atoms with Crippen LogP contribution in [0.3, 0.4) is 0 Å². The Kier molecular flexibility index (Phi) is 7.59. The minimum Gasteiger partial charge on any atom is -0.486 e. The predicted octanol–water partition coefficient (Wildman–Crippen LogP) is 5.08. The van der Waals surface area contributed by atoms with Crippen molar-refractivity contribution >= 4 is 27.4 Å². The highest BCUT2D eigenvalue weighted by atomic mass is 32.1. The average Bonchev–Trinajstić information content (AvgIpc) is 3.37. The summed E-state index contributed by atoms with van der Waals surface area (Å²) in [4.78, 5) is 16.9. The number of thiophene rings is 1. The number of carbonyl (C=O) groups is 1. The summed E-state index contributed by atoms with van der Waals surface area (Å²) in [5.74, 6) is 1.50. The summed E-state index contributed by atoms with van der Waals surface area (Å²) in [5, 5.41) is 13.7. The Morgan fingerprint density at radius 2 is 1.97 bits per heavy atom. The van der Waals surface area contributed by atoms with Crippen molar-refractivity contribution in [2.24, 2.45) is 0 Å². The molecule has 2 aromatic heterocycles. The maximum Gasteiger partial charge on any atom is 0.338 e. The zero-order valence-electron chi connectivity index (χ0n) is 19.4. The van der Waals surface area contributed by atoms with E-state index in [0.717, 1.165) is 21.5 Å². The number of ether oxygens (including phenoxy) is 3. The summed E-state index contributed by atoms with van der Waals surface area (Å²) >= 11 is 1.47. The molecule has 1 N–H and O–H groups in total. The van der Waals surface area contributed by atoms with Gasteiger partial charge in [-0.25, -0.2) is 9.78 Å². The van der Waals surface area contributed by atoms with Crippen molar-refractivity contribution in [1.82, 2.24) is 4.98 Å². The lowest BCUT2D eigenvalue weighted by molar-refractivity contribution is -0.164. The molecule has 0 saturated carbocycles. The van der Waals surface area contributed by atoms with E-state index in [1.54, 1.807) is 26.0 Å². The van der Waals surface area contributed by atoms with Crippen LogP contribution in [0.25, 0.3) is 10.1 Å². The highest BCUT2D eigenvalue weighted by Gasteiger charge is 2.32. The van der Waals surface area contributed by atoms with Gasteiger partial charge in [0.25, 0.3) is 0 Å². The van der Waals surface area contributed by atoms with E-state index in [9.17, 15) is 9.90 Å². The number of aliphatic hydroxyl groups is 1. The van der Waals surface area contributed by atoms with E-state index < -0.39 is 18.2 Å². The Bertz CT molecular complexity index is 1060. The molecule has 0 amide bonds. The maximum absolute atomic E-state index is 12.3. The van der Waals surface area contributed by atoms with Gasteiger partial charge in [-0.15, -0.1) is 11.3 Å². The number of nitrogens with zero attached hydrogens (tertiary/aromatic N) is 1. The number of aliphatic hydroxyl groups excluding tert-OH is 1. The first-order valence-electron chi connectivity index (χ1n) is 10.7. The average molecular weight is 462 g/mol. The van der Waals surface area contributed by atoms with Gasteiger partial charge in [0, 0.05) is 27.7 Å². The van der Waals surface area contributed by atoms with Crippen LogP contribution in [0.2, 0.25) is 0 Å². The van der Waals surface area contributed by atoms with Crippen molar-refractivity contribution in [3.63, 3.8) is 0 Å². The van der Waals surface area contributed by atoms with E-state index in [4.69, 9.17) is 18.6 Å². The normalized spacial score (nSPS) is 13.8. The second-order valence-corrected chi connectivity index (χ2v) is 9.37. The molecular formula is C24H31NO6S. The Morgan fingerprint density at radius 1 is 1.22 bits per heavy atom. The van der Waals surface area contributed by atoms with Crippen molar-refractivity contribution in [3.05, 3.63) is 46.5 Å². The van der Waals surface area contributed by atoms with E-state index in [1.807, 2.05) is 39.1 Å². The second kappa shape index (κ2) is 10.0. The van der Waals surface area contributed by atoms with E-state index in [1.165, 1.54) is 11.3 Å². The fraction of sp³-hybridized carbons (Fsp3) is 0.500. The van der Waals surface area contributed by atoms with Gasteiger partial charge in [-0.1, -0.05) is 26.8 Å². The van der Waals surface area contributed by atoms with Crippen molar-refractivity contribution in [1.29, 1.82) is 0 Å². The largest absolute Gasteiger partial charge is 0.486 e. The van der Waals surface area contributed by atoms with Gasteiger partial charge >= 0.3 is 5.97 Å². The number of benzene rings is 1. The summed E-state index contributed by atoms with van der Waals surface area (Å²) in [5.41, 5.74) is 1.17. The lowest BCUT2D eigenvalue weighted by Crippen LogP contribution is -2.33. The van der Waals surface area contributed by atoms with Crippen molar-refractivity contribution in [2.45, 2.75) is 65.8 Å². The summed E-state index contributed by atoms with van der Waals surface area (Å²) < 4.78 is 23.3. The third-order valence-corrected chi connectivity index (χ3v) is 5.94. The molecule has 3 rings (SSSR count). The van der Waals surface area contributed by atoms with Gasteiger partial charge in [0.2, 0.25) is 0 Å². The smallest absolute Gasteiger partial charge is 0.338 e. The Hall–Kier alpha value is -2.42. The number of oxazole rings is 1. The standard InChI is InChI=1S/C24H31NO6S/c1-7-28-20(22(27)29-8-2)19(26)16-9-10-18(15-11-12-32-21(15)16)30-13-17-14(3)31-23(25-17)24(4,5)6/h9-12,19-20,26H,7-8,13H2,1-6H3. The van der Waals surface area contributed by atoms with Crippen LogP contribution in [0.1, 0.15) is 63.6 Å². The molecule has 2 heterocycles. The Balaban J connectivity index is 1.85. The molecule has 2 atom stereocenters. The molecule has 174 valence electrons. The molecule has 0 spiro atoms. The third kappa shape index (κ3) is 5.14. The summed E-state index contributed by atoms with van der Waals surface area (Å²) in [7, 11) is 0. The highest BCUT2D eigenvalue weighted by Crippen LogP contribution is 2.37. The molecule has 8 heteroatoms. The fourth-order valence-electron chi connectivity index (χ4n) is 3.30. The fourth-order valence-corrected chi connectivity index (χ4v) is 4.26. The molecular weight excluding hydrogens is 430 g/mol. The molecule has 0 fully saturated rings. The molecule has 7 nitrogen and oxygen atoms in total. The number of hydrogen-bond donors (Lipinski definition) is 1. The van der Waals surface area contributed by atoms with Gasteiger partial charge in [0.1, 0.15) is 29.9 Å². The van der Waals surface area contributed by atoms with Crippen LogP contribution in [0.15, 0.2) is 28.0 Å². The maximum atomic E-state index is 12.3. The van der Waals surface area contributed by atoms with Gasteiger partial charge < -0.3 is 23.7 Å². The zero-order valence-corrected chi connectivity index (χ0v) is 20.2. The Labute approximate surface area is 192 Å². The monoisotopic (exact) mass is 461 g/mol. The quantitative estimate of drug-likeness (QED) is 0.445. The summed E-state index contributed by atoms with van der Waals surface area (Å²) in [6.45, 7) is 12.3. The number of aromatic nitrogens is 1. The first-order chi connectivity index (χ1) is 15.2. The molecule has 2 unspecified atom stereocenters. The van der Waals surface area contributed by atoms with Crippen LogP contribution in [0.4, 0.5) is 0 Å². The van der Waals surface area contributed by atoms with Crippen LogP contribution < -0.4 is 4.74 Å². The third-order valence-electron chi connectivity index (χ3n) is 4.98. The molecule has 0 aliphatic rings. The van der Waals surface area contributed by atoms with Crippen molar-refractivity contribution < 1.29 is 28.5 Å². The SMILES string of the molecule is CCOC(=O)C(OCC)C(O)c1ccc(OCc2nc(C(C)(C)C)oc2C)c2ccsc12. The van der Waals surface area contributed by atoms with E-state index in [2.05, 4.69) is 4.98 Å². The van der Waals surface area contributed by atoms with Crippen LogP contribution >= 0.6 is 11.3 Å². The van der Waals surface area contributed by atoms with E-state index in [0.29, 0.717) is 17.2 Å². The summed E-state index contributed by atoms with van der Waals surface area (Å²) in [6.07, 6.45) is -2.25. The molecule has 32 heavy (non-hydrogen) atoms. The molecule has 0 bridgehead atoms. The number of esters is 1. The van der Waals surface area contributed by atoms with Crippen molar-refractivity contribution in [3.8, 4) is 5.75 Å². The predicted molar refractivity (Wildman–Crippen MR) is 123 cm³/mol. The number of hydrogen-bond acceptors (Lipinski definition) is 8. The number of rotatable bonds is 9. The topological polar surface area (TPSA) is 91.0 Å². The lowest BCUT2D eigenvalue weighted by atomic mass is 9.97. The van der Waals surface area contributed by atoms with Crippen molar-refractivity contribution in [2.75, 3.05) is 13.2 Å². The number of carbonyl (C=O) groups excluding carboxylic acids is 1. The van der Waals surface area contributed by atoms with Gasteiger partial charge in [0.05, 0.1) is 6.61 Å². The van der Waals surface area contributed by atoms with Gasteiger partial charge in [-0.2, -0.15) is 0 Å². The van der Waals surface area contributed by atoms with Crippen LogP contribution in [-0.4, -0.2) is 35.4 Å². The number of aryl methyl sites for hydroxylation is 1. The van der Waals surface area contributed by atoms with Crippen LogP contribution in [0, 0.1) is 6.92 Å². The number of fused-ring (bicyclic) bond motifs is 1. The molecule has 0 aliphatic heterocycles. The first kappa shape index (κ1) is 24.2. The van der Waals surface area contributed by atoms with Gasteiger partial charge in [-0.3, -0.25) is 0 Å². The zero-order chi connectivity index (χ0) is 23.5.